The van der Waals surface area contributed by atoms with Crippen LogP contribution in [0.4, 0.5) is 13.2 Å². The average molecular weight is 450 g/mol. The standard InChI is InChI=1S/C19H17F3N6O4/c1-3-32-12-6-4-11(5-7-12)17(29)26-27-18(30)13-10-23-28(16(13)19(20,21)22)14-8-9-15(31-2)25-24-14/h4-10H,3H2,1-2H3,(H,26,29)(H,27,30). The molecular weight excluding hydrogens is 433 g/mol. The number of benzene rings is 1. The van der Waals surface area contributed by atoms with E-state index in [2.05, 4.69) is 20.7 Å². The lowest BCUT2D eigenvalue weighted by Crippen LogP contribution is -2.42. The van der Waals surface area contributed by atoms with E-state index in [-0.39, 0.29) is 17.3 Å². The van der Waals surface area contributed by atoms with Crippen molar-refractivity contribution >= 4 is 11.8 Å². The molecule has 168 valence electrons. The van der Waals surface area contributed by atoms with Crippen LogP contribution in [0.2, 0.25) is 0 Å². The van der Waals surface area contributed by atoms with E-state index in [0.717, 1.165) is 0 Å². The van der Waals surface area contributed by atoms with Crippen molar-refractivity contribution in [1.82, 2.24) is 30.8 Å². The van der Waals surface area contributed by atoms with E-state index in [0.29, 0.717) is 23.2 Å². The van der Waals surface area contributed by atoms with Crippen molar-refractivity contribution < 1.29 is 32.2 Å². The third-order valence-corrected chi connectivity index (χ3v) is 4.05. The monoisotopic (exact) mass is 450 g/mol. The summed E-state index contributed by atoms with van der Waals surface area (Å²) in [6.07, 6.45) is -4.24. The van der Waals surface area contributed by atoms with E-state index in [4.69, 9.17) is 9.47 Å². The van der Waals surface area contributed by atoms with E-state index in [1.807, 2.05) is 5.43 Å². The number of alkyl halides is 3. The van der Waals surface area contributed by atoms with Gasteiger partial charge in [-0.05, 0) is 37.3 Å². The Bertz CT molecular complexity index is 1100. The SMILES string of the molecule is CCOc1ccc(C(=O)NNC(=O)c2cnn(-c3ccc(OC)nn3)c2C(F)(F)F)cc1. The maximum absolute atomic E-state index is 13.7. The van der Waals surface area contributed by atoms with E-state index in [1.54, 1.807) is 19.1 Å². The van der Waals surface area contributed by atoms with Crippen molar-refractivity contribution in [2.24, 2.45) is 0 Å². The molecule has 32 heavy (non-hydrogen) atoms. The number of rotatable bonds is 6. The van der Waals surface area contributed by atoms with E-state index < -0.39 is 29.2 Å². The largest absolute Gasteiger partial charge is 0.494 e. The molecule has 0 saturated carbocycles. The van der Waals surface area contributed by atoms with Gasteiger partial charge in [-0.3, -0.25) is 20.4 Å². The fraction of sp³-hybridized carbons (Fsp3) is 0.211. The molecule has 10 nitrogen and oxygen atoms in total. The molecule has 0 atom stereocenters. The number of ether oxygens (including phenoxy) is 2. The maximum atomic E-state index is 13.7. The highest BCUT2D eigenvalue weighted by Crippen LogP contribution is 2.33. The first-order chi connectivity index (χ1) is 15.2. The number of hydrogen-bond acceptors (Lipinski definition) is 7. The molecule has 0 unspecified atom stereocenters. The van der Waals surface area contributed by atoms with Crippen LogP contribution in [-0.2, 0) is 6.18 Å². The first kappa shape index (κ1) is 22.5. The van der Waals surface area contributed by atoms with Crippen molar-refractivity contribution in [1.29, 1.82) is 0 Å². The minimum absolute atomic E-state index is 0.0874. The number of methoxy groups -OCH3 is 1. The van der Waals surface area contributed by atoms with Crippen LogP contribution in [0.25, 0.3) is 5.82 Å². The number of amides is 2. The van der Waals surface area contributed by atoms with Gasteiger partial charge in [0.1, 0.15) is 5.75 Å². The van der Waals surface area contributed by atoms with Crippen LogP contribution in [-0.4, -0.2) is 45.5 Å². The fourth-order valence-electron chi connectivity index (χ4n) is 2.62. The summed E-state index contributed by atoms with van der Waals surface area (Å²) in [6.45, 7) is 2.24. The van der Waals surface area contributed by atoms with Gasteiger partial charge >= 0.3 is 6.18 Å². The van der Waals surface area contributed by atoms with Crippen LogP contribution in [0, 0.1) is 0 Å². The van der Waals surface area contributed by atoms with Crippen LogP contribution >= 0.6 is 0 Å². The quantitative estimate of drug-likeness (QED) is 0.552. The summed E-state index contributed by atoms with van der Waals surface area (Å²) in [6, 6.07) is 8.45. The number of aromatic nitrogens is 4. The van der Waals surface area contributed by atoms with Gasteiger partial charge in [-0.25, -0.2) is 4.68 Å². The van der Waals surface area contributed by atoms with Crippen LogP contribution in [0.3, 0.4) is 0 Å². The second-order valence-corrected chi connectivity index (χ2v) is 6.12. The molecule has 0 radical (unpaired) electrons. The number of carbonyl (C=O) groups excluding carboxylic acids is 2. The Morgan fingerprint density at radius 3 is 2.28 bits per heavy atom. The smallest absolute Gasteiger partial charge is 0.434 e. The molecule has 3 rings (SSSR count). The second-order valence-electron chi connectivity index (χ2n) is 6.12. The maximum Gasteiger partial charge on any atom is 0.434 e. The fourth-order valence-corrected chi connectivity index (χ4v) is 2.62. The molecule has 0 saturated heterocycles. The summed E-state index contributed by atoms with van der Waals surface area (Å²) >= 11 is 0. The summed E-state index contributed by atoms with van der Waals surface area (Å²) in [4.78, 5) is 24.6. The minimum Gasteiger partial charge on any atom is -0.494 e. The molecule has 0 aliphatic heterocycles. The van der Waals surface area contributed by atoms with E-state index >= 15 is 0 Å². The van der Waals surface area contributed by atoms with Crippen LogP contribution < -0.4 is 20.3 Å². The number of nitrogens with one attached hydrogen (secondary N) is 2. The topological polar surface area (TPSA) is 120 Å². The number of hydrazine groups is 1. The van der Waals surface area contributed by atoms with Crippen molar-refractivity contribution in [2.75, 3.05) is 13.7 Å². The highest BCUT2D eigenvalue weighted by Gasteiger charge is 2.41. The molecule has 2 amide bonds. The summed E-state index contributed by atoms with van der Waals surface area (Å²) < 4.78 is 51.6. The number of nitrogens with zero attached hydrogens (tertiary/aromatic N) is 4. The summed E-state index contributed by atoms with van der Waals surface area (Å²) in [5, 5.41) is 10.8. The minimum atomic E-state index is -4.95. The van der Waals surface area contributed by atoms with Gasteiger partial charge in [0.15, 0.2) is 11.5 Å². The zero-order chi connectivity index (χ0) is 23.3. The molecule has 2 N–H and O–H groups in total. The van der Waals surface area contributed by atoms with Crippen molar-refractivity contribution in [3.05, 3.63) is 59.4 Å². The van der Waals surface area contributed by atoms with Crippen LogP contribution in [0.5, 0.6) is 11.6 Å². The molecule has 0 bridgehead atoms. The lowest BCUT2D eigenvalue weighted by atomic mass is 10.2. The van der Waals surface area contributed by atoms with Gasteiger partial charge < -0.3 is 9.47 Å². The average Bonchev–Trinajstić information content (AvgIpc) is 3.24. The van der Waals surface area contributed by atoms with Gasteiger partial charge in [0.2, 0.25) is 5.88 Å². The van der Waals surface area contributed by atoms with Gasteiger partial charge in [0.25, 0.3) is 11.8 Å². The summed E-state index contributed by atoms with van der Waals surface area (Å²) in [5.41, 5.74) is 1.98. The molecule has 13 heteroatoms. The highest BCUT2D eigenvalue weighted by atomic mass is 19.4. The first-order valence-electron chi connectivity index (χ1n) is 9.11. The van der Waals surface area contributed by atoms with Gasteiger partial charge in [0.05, 0.1) is 25.5 Å². The zero-order valence-corrected chi connectivity index (χ0v) is 16.8. The second kappa shape index (κ2) is 9.32. The molecule has 0 fully saturated rings. The van der Waals surface area contributed by atoms with Crippen molar-refractivity contribution in [3.63, 3.8) is 0 Å². The third kappa shape index (κ3) is 4.94. The van der Waals surface area contributed by atoms with E-state index in [9.17, 15) is 22.8 Å². The van der Waals surface area contributed by atoms with Crippen LogP contribution in [0.15, 0.2) is 42.6 Å². The summed E-state index contributed by atoms with van der Waals surface area (Å²) in [7, 11) is 1.32. The van der Waals surface area contributed by atoms with E-state index in [1.165, 1.54) is 31.4 Å². The normalized spacial score (nSPS) is 11.0. The Morgan fingerprint density at radius 1 is 1.03 bits per heavy atom. The van der Waals surface area contributed by atoms with Gasteiger partial charge in [0, 0.05) is 11.6 Å². The summed E-state index contributed by atoms with van der Waals surface area (Å²) in [5.74, 6) is -1.61. The van der Waals surface area contributed by atoms with Gasteiger partial charge in [-0.2, -0.15) is 18.3 Å². The molecule has 2 aromatic heterocycles. The molecule has 1 aromatic carbocycles. The lowest BCUT2D eigenvalue weighted by molar-refractivity contribution is -0.143. The Morgan fingerprint density at radius 2 is 1.72 bits per heavy atom. The molecule has 2 heterocycles. The molecule has 3 aromatic rings. The predicted octanol–water partition coefficient (Wildman–Crippen LogP) is 2.16. The van der Waals surface area contributed by atoms with Gasteiger partial charge in [-0.1, -0.05) is 0 Å². The van der Waals surface area contributed by atoms with Gasteiger partial charge in [-0.15, -0.1) is 10.2 Å². The molecular formula is C19H17F3N6O4. The molecule has 0 spiro atoms. The number of halogens is 3. The van der Waals surface area contributed by atoms with Crippen LogP contribution in [0.1, 0.15) is 33.3 Å². The highest BCUT2D eigenvalue weighted by molar-refractivity contribution is 5.99. The van der Waals surface area contributed by atoms with Crippen molar-refractivity contribution in [2.45, 2.75) is 13.1 Å². The van der Waals surface area contributed by atoms with Crippen molar-refractivity contribution in [3.8, 4) is 17.4 Å². The Labute approximate surface area is 179 Å². The Hall–Kier alpha value is -4.16. The molecule has 0 aliphatic carbocycles. The Balaban J connectivity index is 1.78. The predicted molar refractivity (Wildman–Crippen MR) is 103 cm³/mol. The molecule has 0 aliphatic rings. The third-order valence-electron chi connectivity index (χ3n) is 4.05. The zero-order valence-electron chi connectivity index (χ0n) is 16.8. The number of carbonyl (C=O) groups is 2. The Kier molecular flexibility index (Phi) is 6.56. The lowest BCUT2D eigenvalue weighted by Gasteiger charge is -2.12. The number of hydrogen-bond donors (Lipinski definition) is 2. The first-order valence-corrected chi connectivity index (χ1v) is 9.11.